The largest absolute Gasteiger partial charge is 0.478 e. The van der Waals surface area contributed by atoms with Gasteiger partial charge in [-0.15, -0.1) is 0 Å². The van der Waals surface area contributed by atoms with E-state index in [0.29, 0.717) is 5.75 Å². The van der Waals surface area contributed by atoms with E-state index in [4.69, 9.17) is 21.4 Å². The number of hydrogen-bond acceptors (Lipinski definition) is 5. The molecule has 0 amide bonds. The molecule has 0 unspecified atom stereocenters. The Hall–Kier alpha value is -2.67. The lowest BCUT2D eigenvalue weighted by atomic mass is 10.2. The number of aromatic nitrogens is 1. The number of nitrogens with zero attached hydrogens (tertiary/aromatic N) is 2. The van der Waals surface area contributed by atoms with Gasteiger partial charge in [0.15, 0.2) is 0 Å². The smallest absolute Gasteiger partial charge is 0.337 e. The van der Waals surface area contributed by atoms with E-state index >= 15 is 0 Å². The summed E-state index contributed by atoms with van der Waals surface area (Å²) in [5.74, 6) is -0.881. The van der Waals surface area contributed by atoms with Gasteiger partial charge in [-0.05, 0) is 12.1 Å². The van der Waals surface area contributed by atoms with Gasteiger partial charge < -0.3 is 9.84 Å². The van der Waals surface area contributed by atoms with Crippen molar-refractivity contribution in [2.24, 2.45) is 0 Å². The van der Waals surface area contributed by atoms with Crippen molar-refractivity contribution in [1.82, 2.24) is 4.98 Å². The van der Waals surface area contributed by atoms with E-state index in [-0.39, 0.29) is 22.2 Å². The quantitative estimate of drug-likeness (QED) is 0.686. The van der Waals surface area contributed by atoms with Gasteiger partial charge >= 0.3 is 5.97 Å². The van der Waals surface area contributed by atoms with Crippen LogP contribution in [0.25, 0.3) is 0 Å². The third kappa shape index (κ3) is 3.01. The highest BCUT2D eigenvalue weighted by Gasteiger charge is 2.12. The molecule has 0 radical (unpaired) electrons. The first-order chi connectivity index (χ1) is 9.47. The molecule has 102 valence electrons. The molecule has 1 aromatic heterocycles. The topological polar surface area (TPSA) is 103 Å². The Labute approximate surface area is 117 Å². The number of hydrogen-bond donors (Lipinski definition) is 1. The Morgan fingerprint density at radius 3 is 2.55 bits per heavy atom. The number of carboxylic acid groups (broad SMARTS) is 1. The van der Waals surface area contributed by atoms with Crippen LogP contribution in [0.3, 0.4) is 0 Å². The van der Waals surface area contributed by atoms with Crippen molar-refractivity contribution in [3.05, 3.63) is 57.2 Å². The molecule has 0 aliphatic carbocycles. The van der Waals surface area contributed by atoms with Crippen LogP contribution in [0.15, 0.2) is 36.5 Å². The second kappa shape index (κ2) is 5.54. The molecule has 0 fully saturated rings. The number of carbonyl (C=O) groups is 1. The van der Waals surface area contributed by atoms with E-state index in [1.54, 1.807) is 0 Å². The molecular weight excluding hydrogens is 288 g/mol. The van der Waals surface area contributed by atoms with Crippen LogP contribution in [-0.2, 0) is 0 Å². The lowest BCUT2D eigenvalue weighted by molar-refractivity contribution is -0.384. The summed E-state index contributed by atoms with van der Waals surface area (Å²) in [4.78, 5) is 24.7. The maximum Gasteiger partial charge on any atom is 0.337 e. The number of carboxylic acids is 1. The molecule has 8 heteroatoms. The Morgan fingerprint density at radius 1 is 1.35 bits per heavy atom. The fourth-order valence-corrected chi connectivity index (χ4v) is 1.58. The third-order valence-corrected chi connectivity index (χ3v) is 2.63. The second-order valence-electron chi connectivity index (χ2n) is 3.66. The molecule has 1 heterocycles. The van der Waals surface area contributed by atoms with Crippen LogP contribution in [0.2, 0.25) is 5.02 Å². The number of nitro groups is 1. The predicted octanol–water partition coefficient (Wildman–Crippen LogP) is 3.13. The monoisotopic (exact) mass is 294 g/mol. The zero-order chi connectivity index (χ0) is 14.7. The van der Waals surface area contributed by atoms with Crippen molar-refractivity contribution >= 4 is 23.3 Å². The molecule has 2 aromatic rings. The number of benzene rings is 1. The number of pyridine rings is 1. The molecule has 0 atom stereocenters. The minimum absolute atomic E-state index is 0.00597. The normalized spacial score (nSPS) is 10.1. The van der Waals surface area contributed by atoms with Crippen molar-refractivity contribution in [3.63, 3.8) is 0 Å². The van der Waals surface area contributed by atoms with Crippen LogP contribution in [0.1, 0.15) is 10.4 Å². The summed E-state index contributed by atoms with van der Waals surface area (Å²) in [5, 5.41) is 19.4. The lowest BCUT2D eigenvalue weighted by Gasteiger charge is -2.06. The average molecular weight is 295 g/mol. The lowest BCUT2D eigenvalue weighted by Crippen LogP contribution is -1.99. The summed E-state index contributed by atoms with van der Waals surface area (Å²) in [7, 11) is 0. The van der Waals surface area contributed by atoms with Gasteiger partial charge in [-0.3, -0.25) is 10.1 Å². The van der Waals surface area contributed by atoms with E-state index in [1.807, 2.05) is 0 Å². The molecule has 0 saturated carbocycles. The highest BCUT2D eigenvalue weighted by Crippen LogP contribution is 2.25. The zero-order valence-corrected chi connectivity index (χ0v) is 10.6. The van der Waals surface area contributed by atoms with Crippen molar-refractivity contribution in [1.29, 1.82) is 0 Å². The Balaban J connectivity index is 2.23. The van der Waals surface area contributed by atoms with E-state index in [1.165, 1.54) is 30.3 Å². The van der Waals surface area contributed by atoms with Crippen LogP contribution >= 0.6 is 11.6 Å². The number of rotatable bonds is 4. The molecule has 0 saturated heterocycles. The van der Waals surface area contributed by atoms with Gasteiger partial charge in [-0.25, -0.2) is 9.78 Å². The highest BCUT2D eigenvalue weighted by molar-refractivity contribution is 6.33. The zero-order valence-electron chi connectivity index (χ0n) is 9.82. The standard InChI is InChI=1S/C12H7ClN2O5/c13-10-6-14-11(5-9(10)12(16)17)20-8-3-1-7(2-4-8)15(18)19/h1-6H,(H,16,17). The first-order valence-electron chi connectivity index (χ1n) is 5.28. The molecule has 7 nitrogen and oxygen atoms in total. The van der Waals surface area contributed by atoms with Gasteiger partial charge in [0.1, 0.15) is 5.75 Å². The molecule has 0 spiro atoms. The molecule has 0 bridgehead atoms. The number of aromatic carboxylic acids is 1. The van der Waals surface area contributed by atoms with E-state index in [0.717, 1.165) is 6.20 Å². The number of non-ortho nitro benzene ring substituents is 1. The fourth-order valence-electron chi connectivity index (χ4n) is 1.40. The second-order valence-corrected chi connectivity index (χ2v) is 4.07. The third-order valence-electron chi connectivity index (χ3n) is 2.33. The molecule has 1 aromatic carbocycles. The summed E-state index contributed by atoms with van der Waals surface area (Å²) in [6.07, 6.45) is 1.16. The first-order valence-corrected chi connectivity index (χ1v) is 5.66. The summed E-state index contributed by atoms with van der Waals surface area (Å²) in [6, 6.07) is 6.47. The minimum atomic E-state index is -1.20. The van der Waals surface area contributed by atoms with E-state index in [2.05, 4.69) is 4.98 Å². The van der Waals surface area contributed by atoms with E-state index in [9.17, 15) is 14.9 Å². The Morgan fingerprint density at radius 2 is 2.00 bits per heavy atom. The van der Waals surface area contributed by atoms with Crippen molar-refractivity contribution in [2.45, 2.75) is 0 Å². The summed E-state index contributed by atoms with van der Waals surface area (Å²) in [6.45, 7) is 0. The molecule has 1 N–H and O–H groups in total. The summed E-state index contributed by atoms with van der Waals surface area (Å²) in [5.41, 5.74) is -0.216. The maximum atomic E-state index is 10.9. The molecular formula is C12H7ClN2O5. The van der Waals surface area contributed by atoms with Crippen LogP contribution in [-0.4, -0.2) is 21.0 Å². The Bertz CT molecular complexity index is 672. The van der Waals surface area contributed by atoms with Gasteiger partial charge in [-0.2, -0.15) is 0 Å². The number of halogens is 1. The van der Waals surface area contributed by atoms with Crippen LogP contribution in [0.4, 0.5) is 5.69 Å². The SMILES string of the molecule is O=C(O)c1cc(Oc2ccc([N+](=O)[O-])cc2)ncc1Cl. The van der Waals surface area contributed by atoms with Crippen LogP contribution < -0.4 is 4.74 Å². The van der Waals surface area contributed by atoms with Crippen molar-refractivity contribution < 1.29 is 19.6 Å². The van der Waals surface area contributed by atoms with E-state index < -0.39 is 10.9 Å². The molecule has 0 aliphatic rings. The van der Waals surface area contributed by atoms with Crippen molar-refractivity contribution in [3.8, 4) is 11.6 Å². The van der Waals surface area contributed by atoms with Gasteiger partial charge in [0.2, 0.25) is 5.88 Å². The molecule has 0 aliphatic heterocycles. The van der Waals surface area contributed by atoms with Gasteiger partial charge in [0.05, 0.1) is 21.7 Å². The molecule has 20 heavy (non-hydrogen) atoms. The highest BCUT2D eigenvalue weighted by atomic mass is 35.5. The van der Waals surface area contributed by atoms with Gasteiger partial charge in [-0.1, -0.05) is 11.6 Å². The maximum absolute atomic E-state index is 10.9. The van der Waals surface area contributed by atoms with Gasteiger partial charge in [0, 0.05) is 18.2 Å². The van der Waals surface area contributed by atoms with Gasteiger partial charge in [0.25, 0.3) is 5.69 Å². The summed E-state index contributed by atoms with van der Waals surface area (Å²) >= 11 is 5.68. The first kappa shape index (κ1) is 13.8. The van der Waals surface area contributed by atoms with Crippen LogP contribution in [0.5, 0.6) is 11.6 Å². The number of nitro benzene ring substituents is 1. The minimum Gasteiger partial charge on any atom is -0.478 e. The van der Waals surface area contributed by atoms with Crippen LogP contribution in [0, 0.1) is 10.1 Å². The number of ether oxygens (including phenoxy) is 1. The summed E-state index contributed by atoms with van der Waals surface area (Å²) < 4.78 is 5.30. The predicted molar refractivity (Wildman–Crippen MR) is 69.4 cm³/mol. The fraction of sp³-hybridized carbons (Fsp3) is 0. The Kier molecular flexibility index (Phi) is 3.81. The average Bonchev–Trinajstić information content (AvgIpc) is 2.41. The van der Waals surface area contributed by atoms with Crippen molar-refractivity contribution in [2.75, 3.05) is 0 Å². The molecule has 2 rings (SSSR count).